The summed E-state index contributed by atoms with van der Waals surface area (Å²) < 4.78 is 15.5. The van der Waals surface area contributed by atoms with E-state index in [2.05, 4.69) is 11.6 Å². The minimum atomic E-state index is -1.76. The van der Waals surface area contributed by atoms with Crippen LogP contribution in [0.15, 0.2) is 47.6 Å². The fourth-order valence-electron chi connectivity index (χ4n) is 1.97. The van der Waals surface area contributed by atoms with Gasteiger partial charge in [-0.05, 0) is 12.1 Å². The van der Waals surface area contributed by atoms with Gasteiger partial charge in [0.25, 0.3) is 0 Å². The first-order valence-electron chi connectivity index (χ1n) is 5.92. The van der Waals surface area contributed by atoms with Crippen LogP contribution in [0.25, 0.3) is 0 Å². The van der Waals surface area contributed by atoms with Crippen molar-refractivity contribution in [1.29, 1.82) is 0 Å². The number of carbonyl (C=O) groups is 1. The highest BCUT2D eigenvalue weighted by atomic mass is 16.7. The number of benzene rings is 1. The van der Waals surface area contributed by atoms with Crippen molar-refractivity contribution in [3.05, 3.63) is 42.6 Å². The Morgan fingerprint density at radius 2 is 1.75 bits per heavy atom. The molecule has 6 nitrogen and oxygen atoms in total. The number of anilines is 1. The molecule has 0 spiro atoms. The van der Waals surface area contributed by atoms with Crippen LogP contribution in [0.5, 0.6) is 0 Å². The molecule has 0 fully saturated rings. The van der Waals surface area contributed by atoms with E-state index >= 15 is 0 Å². The second kappa shape index (κ2) is 5.44. The third-order valence-corrected chi connectivity index (χ3v) is 3.00. The maximum atomic E-state index is 12.6. The van der Waals surface area contributed by atoms with Crippen LogP contribution in [-0.4, -0.2) is 39.0 Å². The minimum Gasteiger partial charge on any atom is -0.480 e. The lowest BCUT2D eigenvalue weighted by Crippen LogP contribution is -2.55. The van der Waals surface area contributed by atoms with Crippen molar-refractivity contribution in [2.75, 3.05) is 26.2 Å². The molecule has 2 rings (SSSR count). The molecule has 0 saturated carbocycles. The SMILES string of the molecule is C=C1C(OC)=NC(OC)(OC)C(=O)N1c1ccccc1. The van der Waals surface area contributed by atoms with E-state index in [-0.39, 0.29) is 5.90 Å². The molecule has 0 unspecified atom stereocenters. The summed E-state index contributed by atoms with van der Waals surface area (Å²) in [5.41, 5.74) is 0.957. The van der Waals surface area contributed by atoms with Gasteiger partial charge in [-0.1, -0.05) is 24.8 Å². The smallest absolute Gasteiger partial charge is 0.357 e. The van der Waals surface area contributed by atoms with Crippen molar-refractivity contribution >= 4 is 17.5 Å². The molecule has 0 atom stereocenters. The maximum Gasteiger partial charge on any atom is 0.357 e. The molecule has 0 N–H and O–H groups in total. The number of nitrogens with zero attached hydrogens (tertiary/aromatic N) is 2. The molecule has 0 radical (unpaired) electrons. The number of aliphatic imine (C=N–C) groups is 1. The number of methoxy groups -OCH3 is 3. The van der Waals surface area contributed by atoms with Gasteiger partial charge in [-0.15, -0.1) is 0 Å². The molecule has 20 heavy (non-hydrogen) atoms. The van der Waals surface area contributed by atoms with E-state index in [1.807, 2.05) is 18.2 Å². The summed E-state index contributed by atoms with van der Waals surface area (Å²) in [6, 6.07) is 9.03. The minimum absolute atomic E-state index is 0.178. The Kier molecular flexibility index (Phi) is 3.87. The van der Waals surface area contributed by atoms with Gasteiger partial charge in [0.15, 0.2) is 0 Å². The highest BCUT2D eigenvalue weighted by molar-refractivity contribution is 6.14. The van der Waals surface area contributed by atoms with Gasteiger partial charge in [-0.25, -0.2) is 0 Å². The summed E-state index contributed by atoms with van der Waals surface area (Å²) in [5, 5.41) is 0. The Morgan fingerprint density at radius 1 is 1.15 bits per heavy atom. The Labute approximate surface area is 117 Å². The number of rotatable bonds is 3. The molecule has 0 aliphatic carbocycles. The Hall–Kier alpha value is -2.18. The van der Waals surface area contributed by atoms with Gasteiger partial charge in [0.1, 0.15) is 5.70 Å². The predicted octanol–water partition coefficient (Wildman–Crippen LogP) is 1.54. The van der Waals surface area contributed by atoms with Crippen LogP contribution in [0.1, 0.15) is 0 Å². The monoisotopic (exact) mass is 276 g/mol. The van der Waals surface area contributed by atoms with Crippen LogP contribution in [-0.2, 0) is 19.0 Å². The lowest BCUT2D eigenvalue weighted by atomic mass is 10.2. The Morgan fingerprint density at radius 3 is 2.25 bits per heavy atom. The second-order valence-corrected chi connectivity index (χ2v) is 4.03. The molecular formula is C14H16N2O4. The van der Waals surface area contributed by atoms with Crippen LogP contribution in [0, 0.1) is 0 Å². The van der Waals surface area contributed by atoms with Crippen molar-refractivity contribution in [2.45, 2.75) is 5.91 Å². The van der Waals surface area contributed by atoms with Crippen molar-refractivity contribution in [2.24, 2.45) is 4.99 Å². The van der Waals surface area contributed by atoms with E-state index in [0.717, 1.165) is 0 Å². The molecule has 1 aliphatic rings. The lowest BCUT2D eigenvalue weighted by Gasteiger charge is -2.36. The van der Waals surface area contributed by atoms with Gasteiger partial charge in [0.05, 0.1) is 7.11 Å². The quantitative estimate of drug-likeness (QED) is 0.786. The fourth-order valence-corrected chi connectivity index (χ4v) is 1.97. The standard InChI is InChI=1S/C14H16N2O4/c1-10-12(18-2)15-14(19-3,20-4)13(17)16(10)11-8-6-5-7-9-11/h5-9H,1H2,2-4H3. The Bertz CT molecular complexity index is 550. The molecule has 0 aromatic heterocycles. The normalized spacial score (nSPS) is 17.9. The number of ether oxygens (including phenoxy) is 3. The largest absolute Gasteiger partial charge is 0.480 e. The molecular weight excluding hydrogens is 260 g/mol. The number of amides is 1. The molecule has 106 valence electrons. The molecule has 1 heterocycles. The van der Waals surface area contributed by atoms with Crippen molar-refractivity contribution in [3.8, 4) is 0 Å². The lowest BCUT2D eigenvalue weighted by molar-refractivity contribution is -0.203. The van der Waals surface area contributed by atoms with E-state index in [4.69, 9.17) is 14.2 Å². The summed E-state index contributed by atoms with van der Waals surface area (Å²) in [4.78, 5) is 18.1. The molecule has 0 saturated heterocycles. The van der Waals surface area contributed by atoms with E-state index < -0.39 is 11.8 Å². The average Bonchev–Trinajstić information content (AvgIpc) is 2.49. The first-order valence-corrected chi connectivity index (χ1v) is 5.92. The van der Waals surface area contributed by atoms with Crippen molar-refractivity contribution < 1.29 is 19.0 Å². The third kappa shape index (κ3) is 2.09. The first-order chi connectivity index (χ1) is 9.59. The van der Waals surface area contributed by atoms with Crippen LogP contribution in [0.4, 0.5) is 5.69 Å². The number of para-hydroxylation sites is 1. The zero-order valence-corrected chi connectivity index (χ0v) is 11.6. The molecule has 1 aliphatic heterocycles. The van der Waals surface area contributed by atoms with E-state index in [1.165, 1.54) is 26.2 Å². The van der Waals surface area contributed by atoms with Gasteiger partial charge in [0, 0.05) is 19.9 Å². The molecule has 1 aromatic rings. The summed E-state index contributed by atoms with van der Waals surface area (Å²) >= 11 is 0. The van der Waals surface area contributed by atoms with Gasteiger partial charge < -0.3 is 14.2 Å². The topological polar surface area (TPSA) is 60.4 Å². The predicted molar refractivity (Wildman–Crippen MR) is 74.3 cm³/mol. The summed E-state index contributed by atoms with van der Waals surface area (Å²) in [7, 11) is 4.13. The van der Waals surface area contributed by atoms with Crippen LogP contribution in [0.2, 0.25) is 0 Å². The molecule has 1 aromatic carbocycles. The van der Waals surface area contributed by atoms with E-state index in [1.54, 1.807) is 12.1 Å². The molecule has 0 bridgehead atoms. The highest BCUT2D eigenvalue weighted by Crippen LogP contribution is 2.31. The first kappa shape index (κ1) is 14.2. The third-order valence-electron chi connectivity index (χ3n) is 3.00. The van der Waals surface area contributed by atoms with Crippen LogP contribution in [0.3, 0.4) is 0 Å². The zero-order chi connectivity index (χ0) is 14.8. The van der Waals surface area contributed by atoms with Gasteiger partial charge >= 0.3 is 11.8 Å². The van der Waals surface area contributed by atoms with Crippen molar-refractivity contribution in [3.63, 3.8) is 0 Å². The summed E-state index contributed by atoms with van der Waals surface area (Å²) in [5.74, 6) is -2.07. The Balaban J connectivity index is 2.56. The highest BCUT2D eigenvalue weighted by Gasteiger charge is 2.49. The van der Waals surface area contributed by atoms with Crippen LogP contribution < -0.4 is 4.90 Å². The fraction of sp³-hybridized carbons (Fsp3) is 0.286. The average molecular weight is 276 g/mol. The van der Waals surface area contributed by atoms with E-state index in [0.29, 0.717) is 11.4 Å². The van der Waals surface area contributed by atoms with Gasteiger partial charge in [0.2, 0.25) is 5.90 Å². The number of hydrogen-bond acceptors (Lipinski definition) is 5. The number of carbonyl (C=O) groups excluding carboxylic acids is 1. The summed E-state index contributed by atoms with van der Waals surface area (Å²) in [6.45, 7) is 3.85. The maximum absolute atomic E-state index is 12.6. The van der Waals surface area contributed by atoms with E-state index in [9.17, 15) is 4.79 Å². The summed E-state index contributed by atoms with van der Waals surface area (Å²) in [6.07, 6.45) is 0. The van der Waals surface area contributed by atoms with Gasteiger partial charge in [-0.2, -0.15) is 4.99 Å². The zero-order valence-electron chi connectivity index (χ0n) is 11.6. The molecule has 1 amide bonds. The molecule has 6 heteroatoms. The van der Waals surface area contributed by atoms with Crippen molar-refractivity contribution in [1.82, 2.24) is 0 Å². The van der Waals surface area contributed by atoms with Crippen LogP contribution >= 0.6 is 0 Å². The van der Waals surface area contributed by atoms with Gasteiger partial charge in [-0.3, -0.25) is 9.69 Å². The second-order valence-electron chi connectivity index (χ2n) is 4.03. The number of hydrogen-bond donors (Lipinski definition) is 0.